The molecule has 0 aliphatic carbocycles. The molecule has 1 aromatic carbocycles. The molecule has 3 heterocycles. The molecule has 3 aromatic heterocycles. The number of nitrogens with zero attached hydrogens (tertiary/aromatic N) is 4. The normalized spacial score (nSPS) is 11.4. The second-order valence-corrected chi connectivity index (χ2v) is 7.14. The van der Waals surface area contributed by atoms with Crippen molar-refractivity contribution in [3.05, 3.63) is 78.2 Å². The van der Waals surface area contributed by atoms with Crippen LogP contribution in [0.3, 0.4) is 0 Å². The monoisotopic (exact) mass is 386 g/mol. The third-order valence-corrected chi connectivity index (χ3v) is 5.37. The van der Waals surface area contributed by atoms with Gasteiger partial charge in [-0.2, -0.15) is 0 Å². The Balaban J connectivity index is 1.73. The fourth-order valence-electron chi connectivity index (χ4n) is 3.73. The van der Waals surface area contributed by atoms with Crippen LogP contribution >= 0.6 is 0 Å². The van der Waals surface area contributed by atoms with E-state index < -0.39 is 0 Å². The molecule has 0 aliphatic heterocycles. The standard InChI is InChI=1S/C24H26N4O/c1-3-27(4-2)16-18-12-13-21(26-15-18)23-20-10-5-6-11-22(20)28(24(23)29)17-19-9-7-8-14-25-19/h5-15,29H,3-4,16-17H2,1-2H3. The first-order chi connectivity index (χ1) is 14.2. The van der Waals surface area contributed by atoms with E-state index >= 15 is 0 Å². The lowest BCUT2D eigenvalue weighted by atomic mass is 10.1. The van der Waals surface area contributed by atoms with Crippen molar-refractivity contribution in [3.63, 3.8) is 0 Å². The molecule has 0 fully saturated rings. The van der Waals surface area contributed by atoms with Crippen LogP contribution in [0.5, 0.6) is 5.88 Å². The van der Waals surface area contributed by atoms with Crippen LogP contribution in [0.15, 0.2) is 67.0 Å². The maximum atomic E-state index is 11.1. The summed E-state index contributed by atoms with van der Waals surface area (Å²) in [5, 5.41) is 12.1. The van der Waals surface area contributed by atoms with Crippen LogP contribution in [0.25, 0.3) is 22.2 Å². The van der Waals surface area contributed by atoms with Gasteiger partial charge in [0.25, 0.3) is 0 Å². The fraction of sp³-hybridized carbons (Fsp3) is 0.250. The Bertz CT molecular complexity index is 1080. The highest BCUT2D eigenvalue weighted by atomic mass is 16.3. The van der Waals surface area contributed by atoms with Crippen LogP contribution in [-0.2, 0) is 13.1 Å². The van der Waals surface area contributed by atoms with E-state index in [0.717, 1.165) is 47.5 Å². The van der Waals surface area contributed by atoms with Crippen LogP contribution in [0.4, 0.5) is 0 Å². The first-order valence-electron chi connectivity index (χ1n) is 10.1. The van der Waals surface area contributed by atoms with E-state index in [2.05, 4.69) is 34.8 Å². The lowest BCUT2D eigenvalue weighted by Gasteiger charge is -2.17. The minimum absolute atomic E-state index is 0.223. The molecular formula is C24H26N4O. The topological polar surface area (TPSA) is 54.2 Å². The second kappa shape index (κ2) is 8.45. The summed E-state index contributed by atoms with van der Waals surface area (Å²) in [4.78, 5) is 11.4. The van der Waals surface area contributed by atoms with Gasteiger partial charge in [0.1, 0.15) is 0 Å². The van der Waals surface area contributed by atoms with Crippen LogP contribution in [-0.4, -0.2) is 37.6 Å². The summed E-state index contributed by atoms with van der Waals surface area (Å²) in [5.74, 6) is 0.223. The van der Waals surface area contributed by atoms with E-state index in [1.54, 1.807) is 6.20 Å². The molecule has 5 heteroatoms. The van der Waals surface area contributed by atoms with Gasteiger partial charge in [-0.25, -0.2) is 0 Å². The van der Waals surface area contributed by atoms with Gasteiger partial charge in [-0.3, -0.25) is 14.9 Å². The third kappa shape index (κ3) is 3.87. The van der Waals surface area contributed by atoms with Crippen molar-refractivity contribution in [1.29, 1.82) is 0 Å². The van der Waals surface area contributed by atoms with Gasteiger partial charge < -0.3 is 9.67 Å². The zero-order valence-corrected chi connectivity index (χ0v) is 16.9. The number of pyridine rings is 2. The van der Waals surface area contributed by atoms with E-state index in [1.807, 2.05) is 59.3 Å². The minimum atomic E-state index is 0.223. The van der Waals surface area contributed by atoms with Gasteiger partial charge in [0, 0.05) is 24.3 Å². The summed E-state index contributed by atoms with van der Waals surface area (Å²) in [7, 11) is 0. The molecule has 0 saturated carbocycles. The smallest absolute Gasteiger partial charge is 0.202 e. The van der Waals surface area contributed by atoms with Gasteiger partial charge >= 0.3 is 0 Å². The fourth-order valence-corrected chi connectivity index (χ4v) is 3.73. The molecule has 4 rings (SSSR count). The minimum Gasteiger partial charge on any atom is -0.494 e. The van der Waals surface area contributed by atoms with Gasteiger partial charge in [0.05, 0.1) is 29.0 Å². The van der Waals surface area contributed by atoms with Gasteiger partial charge in [-0.1, -0.05) is 44.2 Å². The van der Waals surface area contributed by atoms with Crippen molar-refractivity contribution in [2.45, 2.75) is 26.9 Å². The Labute approximate surface area is 171 Å². The third-order valence-electron chi connectivity index (χ3n) is 5.37. The van der Waals surface area contributed by atoms with Gasteiger partial charge in [0.2, 0.25) is 5.88 Å². The van der Waals surface area contributed by atoms with Crippen molar-refractivity contribution >= 4 is 10.9 Å². The van der Waals surface area contributed by atoms with Crippen molar-refractivity contribution in [2.75, 3.05) is 13.1 Å². The molecule has 148 valence electrons. The van der Waals surface area contributed by atoms with Crippen LogP contribution in [0, 0.1) is 0 Å². The van der Waals surface area contributed by atoms with E-state index in [-0.39, 0.29) is 5.88 Å². The molecule has 0 spiro atoms. The van der Waals surface area contributed by atoms with Gasteiger partial charge in [0.15, 0.2) is 0 Å². The summed E-state index contributed by atoms with van der Waals surface area (Å²) >= 11 is 0. The maximum absolute atomic E-state index is 11.1. The average Bonchev–Trinajstić information content (AvgIpc) is 3.05. The molecular weight excluding hydrogens is 360 g/mol. The lowest BCUT2D eigenvalue weighted by molar-refractivity contribution is 0.295. The summed E-state index contributed by atoms with van der Waals surface area (Å²) in [6.07, 6.45) is 3.69. The van der Waals surface area contributed by atoms with Crippen LogP contribution < -0.4 is 0 Å². The highest BCUT2D eigenvalue weighted by Crippen LogP contribution is 2.38. The number of para-hydroxylation sites is 1. The molecule has 0 amide bonds. The molecule has 29 heavy (non-hydrogen) atoms. The Morgan fingerprint density at radius 3 is 2.41 bits per heavy atom. The molecule has 4 aromatic rings. The first kappa shape index (κ1) is 19.2. The molecule has 0 unspecified atom stereocenters. The molecule has 5 nitrogen and oxygen atoms in total. The van der Waals surface area contributed by atoms with Crippen molar-refractivity contribution in [1.82, 2.24) is 19.4 Å². The predicted molar refractivity (Wildman–Crippen MR) is 117 cm³/mol. The lowest BCUT2D eigenvalue weighted by Crippen LogP contribution is -2.22. The summed E-state index contributed by atoms with van der Waals surface area (Å²) in [6, 6.07) is 18.0. The summed E-state index contributed by atoms with van der Waals surface area (Å²) < 4.78 is 1.90. The zero-order chi connectivity index (χ0) is 20.2. The highest BCUT2D eigenvalue weighted by molar-refractivity contribution is 5.98. The highest BCUT2D eigenvalue weighted by Gasteiger charge is 2.19. The van der Waals surface area contributed by atoms with Crippen molar-refractivity contribution < 1.29 is 5.11 Å². The average molecular weight is 386 g/mol. The maximum Gasteiger partial charge on any atom is 0.202 e. The molecule has 1 N–H and O–H groups in total. The Hall–Kier alpha value is -3.18. The number of fused-ring (bicyclic) bond motifs is 1. The molecule has 0 radical (unpaired) electrons. The summed E-state index contributed by atoms with van der Waals surface area (Å²) in [6.45, 7) is 7.75. The van der Waals surface area contributed by atoms with E-state index in [1.165, 1.54) is 5.56 Å². The van der Waals surface area contributed by atoms with Crippen LogP contribution in [0.1, 0.15) is 25.1 Å². The number of benzene rings is 1. The molecule has 0 aliphatic rings. The van der Waals surface area contributed by atoms with Gasteiger partial charge in [-0.15, -0.1) is 0 Å². The predicted octanol–water partition coefficient (Wildman–Crippen LogP) is 4.69. The number of aromatic nitrogens is 3. The molecule has 0 bridgehead atoms. The van der Waals surface area contributed by atoms with Crippen molar-refractivity contribution in [3.8, 4) is 17.1 Å². The second-order valence-electron chi connectivity index (χ2n) is 7.14. The number of hydrogen-bond acceptors (Lipinski definition) is 4. The molecule has 0 atom stereocenters. The van der Waals surface area contributed by atoms with Gasteiger partial charge in [-0.05, 0) is 42.9 Å². The number of rotatable bonds is 7. The zero-order valence-electron chi connectivity index (χ0n) is 16.9. The Kier molecular flexibility index (Phi) is 5.58. The number of aromatic hydroxyl groups is 1. The number of hydrogen-bond donors (Lipinski definition) is 1. The Morgan fingerprint density at radius 1 is 0.931 bits per heavy atom. The molecule has 0 saturated heterocycles. The van der Waals surface area contributed by atoms with E-state index in [4.69, 9.17) is 0 Å². The van der Waals surface area contributed by atoms with Crippen LogP contribution in [0.2, 0.25) is 0 Å². The Morgan fingerprint density at radius 2 is 1.72 bits per heavy atom. The SMILES string of the molecule is CCN(CC)Cc1ccc(-c2c(O)n(Cc3ccccn3)c3ccccc23)nc1. The van der Waals surface area contributed by atoms with E-state index in [0.29, 0.717) is 6.54 Å². The largest absolute Gasteiger partial charge is 0.494 e. The van der Waals surface area contributed by atoms with E-state index in [9.17, 15) is 5.11 Å². The summed E-state index contributed by atoms with van der Waals surface area (Å²) in [5.41, 5.74) is 4.60. The first-order valence-corrected chi connectivity index (χ1v) is 10.1. The quantitative estimate of drug-likeness (QED) is 0.500. The van der Waals surface area contributed by atoms with Crippen molar-refractivity contribution in [2.24, 2.45) is 0 Å².